The van der Waals surface area contributed by atoms with Crippen LogP contribution in [-0.2, 0) is 31.0 Å². The first-order valence-electron chi connectivity index (χ1n) is 12.8. The van der Waals surface area contributed by atoms with Crippen molar-refractivity contribution in [1.82, 2.24) is 15.2 Å². The van der Waals surface area contributed by atoms with E-state index in [1.54, 1.807) is 0 Å². The van der Waals surface area contributed by atoms with E-state index in [1.165, 1.54) is 30.5 Å². The Kier molecular flexibility index (Phi) is 6.60. The number of alkyl halides is 3. The number of benzene rings is 1. The number of aliphatic hydroxyl groups is 1. The molecule has 3 heterocycles. The average molecular weight is 512 g/mol. The topological polar surface area (TPSA) is 65.4 Å². The minimum Gasteiger partial charge on any atom is -0.386 e. The Balaban J connectivity index is 1.37. The third-order valence-electron chi connectivity index (χ3n) is 7.39. The van der Waals surface area contributed by atoms with Gasteiger partial charge >= 0.3 is 6.18 Å². The summed E-state index contributed by atoms with van der Waals surface area (Å²) in [6.07, 6.45) is 0.356. The highest BCUT2D eigenvalue weighted by molar-refractivity contribution is 5.56. The first kappa shape index (κ1) is 25.4. The first-order chi connectivity index (χ1) is 17.5. The van der Waals surface area contributed by atoms with Crippen molar-refractivity contribution < 1.29 is 18.3 Å². The van der Waals surface area contributed by atoms with Gasteiger partial charge in [0.2, 0.25) is 0 Å². The Bertz CT molecular complexity index is 1270. The summed E-state index contributed by atoms with van der Waals surface area (Å²) in [7, 11) is 0. The predicted octanol–water partition coefficient (Wildman–Crippen LogP) is 4.91. The lowest BCUT2D eigenvalue weighted by Crippen LogP contribution is -2.53. The van der Waals surface area contributed by atoms with Crippen molar-refractivity contribution in [2.45, 2.75) is 64.3 Å². The molecular weight excluding hydrogens is 479 g/mol. The van der Waals surface area contributed by atoms with Crippen LogP contribution >= 0.6 is 0 Å². The summed E-state index contributed by atoms with van der Waals surface area (Å²) >= 11 is 0. The Morgan fingerprint density at radius 2 is 1.73 bits per heavy atom. The summed E-state index contributed by atoms with van der Waals surface area (Å²) in [6.45, 7) is 6.39. The molecule has 1 aliphatic heterocycles. The second-order valence-electron chi connectivity index (χ2n) is 10.6. The molecule has 3 aromatic rings. The molecule has 5 rings (SSSR count). The molecule has 1 N–H and O–H groups in total. The molecule has 0 amide bonds. The lowest BCUT2D eigenvalue weighted by Gasteiger charge is -2.41. The van der Waals surface area contributed by atoms with E-state index in [2.05, 4.69) is 32.2 Å². The average Bonchev–Trinajstić information content (AvgIpc) is 3.34. The van der Waals surface area contributed by atoms with Gasteiger partial charge in [-0.05, 0) is 57.2 Å². The minimum absolute atomic E-state index is 0.0850. The van der Waals surface area contributed by atoms with Crippen molar-refractivity contribution in [3.8, 4) is 0 Å². The standard InChI is InChI=1S/C28H32F3N5O/c1-18-17-35(12-13-36(18)25-15-22(28(29,30)31)23(16-32-25)27(2,3)37)26-21-11-7-10-20(21)24(33-34-26)14-19-8-5-4-6-9-19/h4-6,8-9,15-16,18,37H,7,10-14,17H2,1-3H3. The molecule has 1 fully saturated rings. The molecule has 37 heavy (non-hydrogen) atoms. The third kappa shape index (κ3) is 5.14. The van der Waals surface area contributed by atoms with E-state index in [0.717, 1.165) is 49.5 Å². The number of nitrogens with zero attached hydrogens (tertiary/aromatic N) is 5. The molecule has 0 saturated carbocycles. The van der Waals surface area contributed by atoms with Crippen molar-refractivity contribution >= 4 is 11.6 Å². The van der Waals surface area contributed by atoms with E-state index in [0.29, 0.717) is 19.6 Å². The summed E-state index contributed by atoms with van der Waals surface area (Å²) in [4.78, 5) is 8.43. The van der Waals surface area contributed by atoms with Gasteiger partial charge in [0.15, 0.2) is 5.82 Å². The summed E-state index contributed by atoms with van der Waals surface area (Å²) < 4.78 is 41.5. The van der Waals surface area contributed by atoms with Crippen molar-refractivity contribution in [2.75, 3.05) is 29.4 Å². The van der Waals surface area contributed by atoms with Crippen LogP contribution in [0.5, 0.6) is 0 Å². The maximum absolute atomic E-state index is 13.8. The molecule has 0 bridgehead atoms. The van der Waals surface area contributed by atoms with E-state index >= 15 is 0 Å². The van der Waals surface area contributed by atoms with E-state index in [1.807, 2.05) is 30.0 Å². The zero-order valence-electron chi connectivity index (χ0n) is 21.4. The summed E-state index contributed by atoms with van der Waals surface area (Å²) in [5.74, 6) is 1.17. The van der Waals surface area contributed by atoms with Crippen LogP contribution in [0.2, 0.25) is 0 Å². The van der Waals surface area contributed by atoms with Gasteiger partial charge in [-0.1, -0.05) is 30.3 Å². The monoisotopic (exact) mass is 511 g/mol. The minimum atomic E-state index is -4.59. The number of fused-ring (bicyclic) bond motifs is 1. The highest BCUT2D eigenvalue weighted by atomic mass is 19.4. The molecule has 1 aromatic carbocycles. The van der Waals surface area contributed by atoms with Gasteiger partial charge in [0.25, 0.3) is 0 Å². The summed E-state index contributed by atoms with van der Waals surface area (Å²) in [6, 6.07) is 11.2. The Morgan fingerprint density at radius 3 is 2.41 bits per heavy atom. The molecule has 1 unspecified atom stereocenters. The van der Waals surface area contributed by atoms with Gasteiger partial charge in [0.1, 0.15) is 5.82 Å². The van der Waals surface area contributed by atoms with Gasteiger partial charge in [-0.3, -0.25) is 0 Å². The van der Waals surface area contributed by atoms with Gasteiger partial charge in [0, 0.05) is 49.4 Å². The second kappa shape index (κ2) is 9.59. The summed E-state index contributed by atoms with van der Waals surface area (Å²) in [5.41, 5.74) is 2.07. The van der Waals surface area contributed by atoms with Gasteiger partial charge in [-0.15, -0.1) is 5.10 Å². The Morgan fingerprint density at radius 1 is 1.00 bits per heavy atom. The highest BCUT2D eigenvalue weighted by Gasteiger charge is 2.39. The van der Waals surface area contributed by atoms with Gasteiger partial charge < -0.3 is 14.9 Å². The van der Waals surface area contributed by atoms with Crippen LogP contribution in [-0.4, -0.2) is 46.0 Å². The van der Waals surface area contributed by atoms with Crippen LogP contribution in [0.15, 0.2) is 42.6 Å². The Labute approximate surface area is 215 Å². The molecule has 0 spiro atoms. The largest absolute Gasteiger partial charge is 0.416 e. The van der Waals surface area contributed by atoms with Gasteiger partial charge in [0.05, 0.1) is 16.9 Å². The normalized spacial score (nSPS) is 18.3. The molecule has 196 valence electrons. The number of rotatable bonds is 5. The molecule has 2 aliphatic rings. The number of anilines is 2. The van der Waals surface area contributed by atoms with Crippen LogP contribution in [0.25, 0.3) is 0 Å². The number of aromatic nitrogens is 3. The van der Waals surface area contributed by atoms with Crippen LogP contribution in [0, 0.1) is 0 Å². The van der Waals surface area contributed by atoms with Crippen LogP contribution in [0.3, 0.4) is 0 Å². The highest BCUT2D eigenvalue weighted by Crippen LogP contribution is 2.39. The number of hydrogen-bond donors (Lipinski definition) is 1. The zero-order valence-corrected chi connectivity index (χ0v) is 21.4. The smallest absolute Gasteiger partial charge is 0.386 e. The maximum Gasteiger partial charge on any atom is 0.416 e. The molecular formula is C28H32F3N5O. The fourth-order valence-electron chi connectivity index (χ4n) is 5.54. The van der Waals surface area contributed by atoms with Gasteiger partial charge in [-0.25, -0.2) is 4.98 Å². The SMILES string of the molecule is CC1CN(c2nnc(Cc3ccccc3)c3c2CCC3)CCN1c1cc(C(F)(F)F)c(C(C)(C)O)cn1. The maximum atomic E-state index is 13.8. The third-order valence-corrected chi connectivity index (χ3v) is 7.39. The van der Waals surface area contributed by atoms with E-state index < -0.39 is 17.3 Å². The van der Waals surface area contributed by atoms with E-state index in [4.69, 9.17) is 0 Å². The lowest BCUT2D eigenvalue weighted by atomic mass is 9.94. The molecule has 1 saturated heterocycles. The van der Waals surface area contributed by atoms with Crippen molar-refractivity contribution in [3.63, 3.8) is 0 Å². The second-order valence-corrected chi connectivity index (χ2v) is 10.6. The van der Waals surface area contributed by atoms with Crippen molar-refractivity contribution in [2.24, 2.45) is 0 Å². The van der Waals surface area contributed by atoms with Crippen LogP contribution < -0.4 is 9.80 Å². The number of hydrogen-bond acceptors (Lipinski definition) is 6. The fourth-order valence-corrected chi connectivity index (χ4v) is 5.54. The predicted molar refractivity (Wildman–Crippen MR) is 137 cm³/mol. The molecule has 6 nitrogen and oxygen atoms in total. The summed E-state index contributed by atoms with van der Waals surface area (Å²) in [5, 5.41) is 19.5. The van der Waals surface area contributed by atoms with Crippen LogP contribution in [0.4, 0.5) is 24.8 Å². The van der Waals surface area contributed by atoms with Crippen molar-refractivity contribution in [3.05, 3.63) is 76.1 Å². The lowest BCUT2D eigenvalue weighted by molar-refractivity contribution is -0.140. The molecule has 0 radical (unpaired) electrons. The Hall–Kier alpha value is -3.20. The fraction of sp³-hybridized carbons (Fsp3) is 0.464. The van der Waals surface area contributed by atoms with E-state index in [-0.39, 0.29) is 17.4 Å². The number of piperazine rings is 1. The van der Waals surface area contributed by atoms with E-state index in [9.17, 15) is 18.3 Å². The first-order valence-corrected chi connectivity index (χ1v) is 12.8. The van der Waals surface area contributed by atoms with Crippen molar-refractivity contribution in [1.29, 1.82) is 0 Å². The van der Waals surface area contributed by atoms with Gasteiger partial charge in [-0.2, -0.15) is 18.3 Å². The molecule has 9 heteroatoms. The number of halogens is 3. The molecule has 1 atom stereocenters. The number of pyridine rings is 1. The molecule has 1 aliphatic carbocycles. The quantitative estimate of drug-likeness (QED) is 0.525. The zero-order chi connectivity index (χ0) is 26.4. The molecule has 2 aromatic heterocycles. The van der Waals surface area contributed by atoms with Crippen LogP contribution in [0.1, 0.15) is 60.7 Å².